The van der Waals surface area contributed by atoms with Crippen molar-refractivity contribution in [2.24, 2.45) is 0 Å². The number of ether oxygens (including phenoxy) is 2. The van der Waals surface area contributed by atoms with E-state index in [9.17, 15) is 14.4 Å². The molecule has 0 aliphatic heterocycles. The average molecular weight is 526 g/mol. The number of amides is 3. The lowest BCUT2D eigenvalue weighted by Crippen LogP contribution is -2.41. The minimum absolute atomic E-state index is 0.241. The first-order valence-corrected chi connectivity index (χ1v) is 11.2. The molecule has 3 aromatic carbocycles. The molecule has 0 bridgehead atoms. The highest BCUT2D eigenvalue weighted by atomic mass is 79.9. The van der Waals surface area contributed by atoms with Gasteiger partial charge in [0.15, 0.2) is 0 Å². The maximum absolute atomic E-state index is 12.4. The second-order valence-corrected chi connectivity index (χ2v) is 8.15. The summed E-state index contributed by atoms with van der Waals surface area (Å²) in [5.74, 6) is -0.648. The summed E-state index contributed by atoms with van der Waals surface area (Å²) < 4.78 is 11.1. The molecule has 8 nitrogen and oxygen atoms in total. The van der Waals surface area contributed by atoms with Crippen molar-refractivity contribution in [2.45, 2.75) is 6.92 Å². The van der Waals surface area contributed by atoms with Gasteiger partial charge in [-0.1, -0.05) is 17.7 Å². The lowest BCUT2D eigenvalue weighted by atomic mass is 10.1. The molecule has 3 aromatic rings. The summed E-state index contributed by atoms with van der Waals surface area (Å²) in [5.41, 5.74) is 7.49. The standard InChI is InChI=1S/C25H24BrN3O5/c1-16-4-3-5-18(14-16)23(30)27-20-9-6-17(7-10-20)24(31)28-29-25(32)19-8-11-22(21(26)15-19)34-13-12-33-2/h3-11,14-15H,12-13H2,1-2H3,(H,27,30)(H,28,31)(H,29,32). The lowest BCUT2D eigenvalue weighted by molar-refractivity contribution is 0.0846. The van der Waals surface area contributed by atoms with E-state index in [1.54, 1.807) is 61.7 Å². The molecule has 0 atom stereocenters. The van der Waals surface area contributed by atoms with Crippen LogP contribution < -0.4 is 20.9 Å². The van der Waals surface area contributed by atoms with Crippen LogP contribution in [0.15, 0.2) is 71.2 Å². The molecule has 0 radical (unpaired) electrons. The topological polar surface area (TPSA) is 106 Å². The van der Waals surface area contributed by atoms with Crippen molar-refractivity contribution in [1.29, 1.82) is 0 Å². The second-order valence-electron chi connectivity index (χ2n) is 7.30. The van der Waals surface area contributed by atoms with Crippen molar-refractivity contribution in [2.75, 3.05) is 25.6 Å². The number of carbonyl (C=O) groups excluding carboxylic acids is 3. The second kappa shape index (κ2) is 12.0. The largest absolute Gasteiger partial charge is 0.490 e. The van der Waals surface area contributed by atoms with Crippen molar-refractivity contribution in [3.05, 3.63) is 93.5 Å². The van der Waals surface area contributed by atoms with Gasteiger partial charge in [0.2, 0.25) is 0 Å². The number of aryl methyl sites for hydroxylation is 1. The molecule has 0 aliphatic carbocycles. The zero-order valence-electron chi connectivity index (χ0n) is 18.7. The molecule has 0 saturated heterocycles. The number of hydrogen-bond acceptors (Lipinski definition) is 5. The fraction of sp³-hybridized carbons (Fsp3) is 0.160. The minimum Gasteiger partial charge on any atom is -0.490 e. The number of methoxy groups -OCH3 is 1. The Hall–Kier alpha value is -3.69. The fourth-order valence-electron chi connectivity index (χ4n) is 2.95. The Morgan fingerprint density at radius 1 is 0.794 bits per heavy atom. The summed E-state index contributed by atoms with van der Waals surface area (Å²) >= 11 is 3.36. The van der Waals surface area contributed by atoms with Gasteiger partial charge in [-0.3, -0.25) is 25.2 Å². The Morgan fingerprint density at radius 3 is 2.09 bits per heavy atom. The van der Waals surface area contributed by atoms with Crippen LogP contribution in [0.2, 0.25) is 0 Å². The van der Waals surface area contributed by atoms with Crippen LogP contribution in [0.1, 0.15) is 36.6 Å². The van der Waals surface area contributed by atoms with Crippen molar-refractivity contribution < 1.29 is 23.9 Å². The van der Waals surface area contributed by atoms with Gasteiger partial charge < -0.3 is 14.8 Å². The molecular weight excluding hydrogens is 502 g/mol. The third-order valence-corrected chi connectivity index (χ3v) is 5.33. The van der Waals surface area contributed by atoms with Crippen LogP contribution in [-0.4, -0.2) is 38.0 Å². The number of rotatable bonds is 8. The number of hydrazine groups is 1. The summed E-state index contributed by atoms with van der Waals surface area (Å²) in [4.78, 5) is 37.1. The molecule has 0 aliphatic rings. The number of benzene rings is 3. The van der Waals surface area contributed by atoms with Gasteiger partial charge in [0.1, 0.15) is 12.4 Å². The zero-order valence-corrected chi connectivity index (χ0v) is 20.3. The Labute approximate surface area is 205 Å². The smallest absolute Gasteiger partial charge is 0.269 e. The van der Waals surface area contributed by atoms with E-state index in [1.165, 1.54) is 0 Å². The molecule has 0 fully saturated rings. The highest BCUT2D eigenvalue weighted by Gasteiger charge is 2.12. The third kappa shape index (κ3) is 6.90. The molecule has 0 saturated carbocycles. The van der Waals surface area contributed by atoms with E-state index in [2.05, 4.69) is 32.1 Å². The highest BCUT2D eigenvalue weighted by Crippen LogP contribution is 2.26. The van der Waals surface area contributed by atoms with E-state index >= 15 is 0 Å². The van der Waals surface area contributed by atoms with Crippen LogP contribution in [0.3, 0.4) is 0 Å². The number of nitrogens with one attached hydrogen (secondary N) is 3. The summed E-state index contributed by atoms with van der Waals surface area (Å²) in [5, 5.41) is 2.79. The van der Waals surface area contributed by atoms with Crippen molar-refractivity contribution >= 4 is 39.3 Å². The van der Waals surface area contributed by atoms with E-state index in [4.69, 9.17) is 9.47 Å². The van der Waals surface area contributed by atoms with Crippen LogP contribution in [0.5, 0.6) is 5.75 Å². The monoisotopic (exact) mass is 525 g/mol. The molecule has 9 heteroatoms. The molecule has 0 aromatic heterocycles. The summed E-state index contributed by atoms with van der Waals surface area (Å²) in [6.45, 7) is 2.74. The van der Waals surface area contributed by atoms with E-state index in [0.29, 0.717) is 45.8 Å². The van der Waals surface area contributed by atoms with Gasteiger partial charge in [-0.05, 0) is 77.5 Å². The predicted octanol–water partition coefficient (Wildman–Crippen LogP) is 4.11. The molecule has 3 amide bonds. The van der Waals surface area contributed by atoms with Crippen molar-refractivity contribution in [3.63, 3.8) is 0 Å². The van der Waals surface area contributed by atoms with E-state index in [0.717, 1.165) is 5.56 Å². The van der Waals surface area contributed by atoms with E-state index in [-0.39, 0.29) is 5.91 Å². The molecule has 0 heterocycles. The molecule has 176 valence electrons. The SMILES string of the molecule is COCCOc1ccc(C(=O)NNC(=O)c2ccc(NC(=O)c3cccc(C)c3)cc2)cc1Br. The van der Waals surface area contributed by atoms with Gasteiger partial charge in [0.25, 0.3) is 17.7 Å². The Morgan fingerprint density at radius 2 is 1.44 bits per heavy atom. The maximum atomic E-state index is 12.4. The molecule has 0 unspecified atom stereocenters. The van der Waals surface area contributed by atoms with E-state index in [1.807, 2.05) is 19.1 Å². The van der Waals surface area contributed by atoms with Gasteiger partial charge in [0, 0.05) is 29.5 Å². The minimum atomic E-state index is -0.497. The Balaban J connectivity index is 1.53. The predicted molar refractivity (Wildman–Crippen MR) is 132 cm³/mol. The molecule has 0 spiro atoms. The van der Waals surface area contributed by atoms with Gasteiger partial charge in [0.05, 0.1) is 11.1 Å². The van der Waals surface area contributed by atoms with Gasteiger partial charge >= 0.3 is 0 Å². The van der Waals surface area contributed by atoms with Gasteiger partial charge in [-0.15, -0.1) is 0 Å². The van der Waals surface area contributed by atoms with Gasteiger partial charge in [-0.2, -0.15) is 0 Å². The fourth-order valence-corrected chi connectivity index (χ4v) is 3.44. The van der Waals surface area contributed by atoms with E-state index < -0.39 is 11.8 Å². The Kier molecular flexibility index (Phi) is 8.78. The van der Waals surface area contributed by atoms with Crippen LogP contribution >= 0.6 is 15.9 Å². The Bertz CT molecular complexity index is 1180. The maximum Gasteiger partial charge on any atom is 0.269 e. The molecule has 3 rings (SSSR count). The average Bonchev–Trinajstić information content (AvgIpc) is 2.83. The first kappa shape index (κ1) is 24.9. The van der Waals surface area contributed by atoms with Crippen LogP contribution in [0.4, 0.5) is 5.69 Å². The molecule has 3 N–H and O–H groups in total. The van der Waals surface area contributed by atoms with Crippen molar-refractivity contribution in [3.8, 4) is 5.75 Å². The molecular formula is C25H24BrN3O5. The molecule has 34 heavy (non-hydrogen) atoms. The third-order valence-electron chi connectivity index (χ3n) is 4.71. The quantitative estimate of drug-likeness (QED) is 0.303. The first-order valence-electron chi connectivity index (χ1n) is 10.4. The van der Waals surface area contributed by atoms with Gasteiger partial charge in [-0.25, -0.2) is 0 Å². The highest BCUT2D eigenvalue weighted by molar-refractivity contribution is 9.10. The number of hydrogen-bond donors (Lipinski definition) is 3. The summed E-state index contributed by atoms with van der Waals surface area (Å²) in [6, 6.07) is 18.4. The first-order chi connectivity index (χ1) is 16.4. The zero-order chi connectivity index (χ0) is 24.5. The van der Waals surface area contributed by atoms with Crippen LogP contribution in [0, 0.1) is 6.92 Å². The van der Waals surface area contributed by atoms with Crippen LogP contribution in [-0.2, 0) is 4.74 Å². The lowest BCUT2D eigenvalue weighted by Gasteiger charge is -2.11. The summed E-state index contributed by atoms with van der Waals surface area (Å²) in [6.07, 6.45) is 0. The summed E-state index contributed by atoms with van der Waals surface area (Å²) in [7, 11) is 1.58. The number of carbonyl (C=O) groups is 3. The van der Waals surface area contributed by atoms with Crippen molar-refractivity contribution in [1.82, 2.24) is 10.9 Å². The number of halogens is 1. The normalized spacial score (nSPS) is 10.3. The number of anilines is 1. The van der Waals surface area contributed by atoms with Crippen LogP contribution in [0.25, 0.3) is 0 Å².